The molecule has 0 spiro atoms. The lowest BCUT2D eigenvalue weighted by atomic mass is 10.0. The van der Waals surface area contributed by atoms with Gasteiger partial charge < -0.3 is 14.6 Å². The number of aryl methyl sites for hydroxylation is 1. The lowest BCUT2D eigenvalue weighted by molar-refractivity contribution is -0.122. The van der Waals surface area contributed by atoms with E-state index in [1.54, 1.807) is 32.2 Å². The molecule has 0 saturated carbocycles. The summed E-state index contributed by atoms with van der Waals surface area (Å²) in [5.74, 6) is -0.822. The molecule has 162 valence electrons. The number of carbonyl (C=O) groups excluding carboxylic acids is 1. The van der Waals surface area contributed by atoms with Gasteiger partial charge >= 0.3 is 0 Å². The Morgan fingerprint density at radius 3 is 2.84 bits per heavy atom. The van der Waals surface area contributed by atoms with Crippen LogP contribution in [-0.2, 0) is 19.2 Å². The Bertz CT molecular complexity index is 1210. The van der Waals surface area contributed by atoms with E-state index in [9.17, 15) is 23.1 Å². The van der Waals surface area contributed by atoms with Crippen LogP contribution in [0.2, 0.25) is 0 Å². The number of benzene rings is 1. The number of halogens is 3. The van der Waals surface area contributed by atoms with Crippen molar-refractivity contribution in [2.24, 2.45) is 7.05 Å². The number of alkyl halides is 3. The number of aromatic nitrogens is 4. The normalized spacial score (nSPS) is 18.1. The fourth-order valence-electron chi connectivity index (χ4n) is 3.99. The Labute approximate surface area is 175 Å². The summed E-state index contributed by atoms with van der Waals surface area (Å²) < 4.78 is 42.9. The highest BCUT2D eigenvalue weighted by Gasteiger charge is 2.46. The summed E-state index contributed by atoms with van der Waals surface area (Å²) in [5.41, 5.74) is -1.33. The average Bonchev–Trinajstić information content (AvgIpc) is 3.34. The van der Waals surface area contributed by atoms with E-state index < -0.39 is 30.6 Å². The summed E-state index contributed by atoms with van der Waals surface area (Å²) in [6.07, 6.45) is -2.08. The van der Waals surface area contributed by atoms with Crippen molar-refractivity contribution in [1.29, 1.82) is 5.26 Å². The molecule has 2 unspecified atom stereocenters. The van der Waals surface area contributed by atoms with E-state index in [1.807, 2.05) is 6.07 Å². The highest BCUT2D eigenvalue weighted by molar-refractivity contribution is 6.05. The summed E-state index contributed by atoms with van der Waals surface area (Å²) in [4.78, 5) is 18.6. The first-order valence-corrected chi connectivity index (χ1v) is 9.50. The molecule has 8 nitrogen and oxygen atoms in total. The van der Waals surface area contributed by atoms with E-state index >= 15 is 0 Å². The summed E-state index contributed by atoms with van der Waals surface area (Å²) in [5, 5.41) is 24.1. The third kappa shape index (κ3) is 3.14. The number of nitrogens with zero attached hydrogens (tertiary/aromatic N) is 6. The van der Waals surface area contributed by atoms with Gasteiger partial charge in [-0.1, -0.05) is 0 Å². The van der Waals surface area contributed by atoms with Gasteiger partial charge in [0.2, 0.25) is 5.60 Å². The number of rotatable bonds is 4. The Hall–Kier alpha value is -3.39. The van der Waals surface area contributed by atoms with Gasteiger partial charge in [0.1, 0.15) is 12.5 Å². The van der Waals surface area contributed by atoms with E-state index in [4.69, 9.17) is 5.26 Å². The van der Waals surface area contributed by atoms with Crippen molar-refractivity contribution in [3.63, 3.8) is 0 Å². The highest BCUT2D eigenvalue weighted by Crippen LogP contribution is 2.34. The number of imidazole rings is 1. The smallest absolute Gasteiger partial charge is 0.276 e. The molecule has 0 aliphatic carbocycles. The molecule has 1 amide bonds. The third-order valence-corrected chi connectivity index (χ3v) is 5.57. The van der Waals surface area contributed by atoms with Crippen molar-refractivity contribution in [2.75, 3.05) is 13.2 Å². The Kier molecular flexibility index (Phi) is 4.97. The van der Waals surface area contributed by atoms with Crippen molar-refractivity contribution in [1.82, 2.24) is 24.2 Å². The minimum absolute atomic E-state index is 0.0378. The molecule has 1 aliphatic rings. The van der Waals surface area contributed by atoms with Crippen LogP contribution >= 0.6 is 0 Å². The van der Waals surface area contributed by atoms with E-state index in [2.05, 4.69) is 10.1 Å². The first kappa shape index (κ1) is 20.9. The van der Waals surface area contributed by atoms with Gasteiger partial charge in [0.25, 0.3) is 12.3 Å². The lowest BCUT2D eigenvalue weighted by Gasteiger charge is -2.35. The third-order valence-electron chi connectivity index (χ3n) is 5.57. The van der Waals surface area contributed by atoms with Crippen LogP contribution in [0.15, 0.2) is 24.4 Å². The van der Waals surface area contributed by atoms with E-state index in [-0.39, 0.29) is 24.7 Å². The fraction of sp³-hybridized carbons (Fsp3) is 0.400. The van der Waals surface area contributed by atoms with Crippen molar-refractivity contribution in [3.05, 3.63) is 47.2 Å². The number of hydrogen-bond donors (Lipinski definition) is 1. The predicted octanol–water partition coefficient (Wildman–Crippen LogP) is 2.28. The molecule has 0 bridgehead atoms. The minimum atomic E-state index is -3.35. The number of hydrogen-bond acceptors (Lipinski definition) is 5. The number of carbonyl (C=O) groups is 1. The van der Waals surface area contributed by atoms with Crippen molar-refractivity contribution >= 4 is 16.8 Å². The van der Waals surface area contributed by atoms with E-state index in [0.717, 1.165) is 0 Å². The SMILES string of the molecule is CC1CN(C(=O)c2nn(C)c3cc(C#N)ccc23)Cc2cnc(C(O)(CF)C(F)F)n21. The van der Waals surface area contributed by atoms with Gasteiger partial charge in [-0.25, -0.2) is 18.2 Å². The van der Waals surface area contributed by atoms with Crippen LogP contribution in [0.25, 0.3) is 10.9 Å². The van der Waals surface area contributed by atoms with Crippen LogP contribution in [0, 0.1) is 11.3 Å². The van der Waals surface area contributed by atoms with E-state index in [0.29, 0.717) is 22.2 Å². The maximum Gasteiger partial charge on any atom is 0.276 e. The maximum atomic E-state index is 13.3. The lowest BCUT2D eigenvalue weighted by Crippen LogP contribution is -2.45. The van der Waals surface area contributed by atoms with Gasteiger partial charge in [0.05, 0.1) is 41.6 Å². The van der Waals surface area contributed by atoms with Gasteiger partial charge in [-0.2, -0.15) is 10.4 Å². The molecule has 0 fully saturated rings. The minimum Gasteiger partial charge on any atom is -0.374 e. The molecule has 0 radical (unpaired) electrons. The largest absolute Gasteiger partial charge is 0.374 e. The zero-order valence-corrected chi connectivity index (χ0v) is 16.8. The monoisotopic (exact) mass is 432 g/mol. The second-order valence-electron chi connectivity index (χ2n) is 7.65. The standard InChI is InChI=1S/C20H19F3N6O2/c1-11-8-28(9-13-7-25-19(29(11)13)20(31,10-21)18(22)23)17(30)16-14-4-3-12(6-24)5-15(14)27(2)26-16/h3-5,7,11,18,31H,8-10H2,1-2H3. The second kappa shape index (κ2) is 7.39. The first-order chi connectivity index (χ1) is 14.7. The molecule has 31 heavy (non-hydrogen) atoms. The molecular weight excluding hydrogens is 413 g/mol. The molecule has 0 saturated heterocycles. The summed E-state index contributed by atoms with van der Waals surface area (Å²) in [7, 11) is 1.67. The van der Waals surface area contributed by atoms with Crippen LogP contribution in [0.3, 0.4) is 0 Å². The molecule has 4 rings (SSSR count). The number of nitriles is 1. The topological polar surface area (TPSA) is 100.0 Å². The molecule has 3 heterocycles. The van der Waals surface area contributed by atoms with Gasteiger partial charge in [-0.15, -0.1) is 0 Å². The summed E-state index contributed by atoms with van der Waals surface area (Å²) in [6, 6.07) is 6.42. The molecule has 3 aromatic rings. The molecule has 1 N–H and O–H groups in total. The van der Waals surface area contributed by atoms with Crippen LogP contribution < -0.4 is 0 Å². The number of amides is 1. The van der Waals surface area contributed by atoms with Gasteiger partial charge in [-0.3, -0.25) is 9.48 Å². The summed E-state index contributed by atoms with van der Waals surface area (Å²) >= 11 is 0. The second-order valence-corrected chi connectivity index (χ2v) is 7.65. The van der Waals surface area contributed by atoms with Crippen molar-refractivity contribution in [3.8, 4) is 6.07 Å². The predicted molar refractivity (Wildman–Crippen MR) is 103 cm³/mol. The van der Waals surface area contributed by atoms with Crippen LogP contribution in [-0.4, -0.2) is 54.9 Å². The van der Waals surface area contributed by atoms with Crippen LogP contribution in [0.1, 0.15) is 40.5 Å². The van der Waals surface area contributed by atoms with Gasteiger partial charge in [-0.05, 0) is 25.1 Å². The molecule has 1 aliphatic heterocycles. The van der Waals surface area contributed by atoms with Gasteiger partial charge in [0, 0.05) is 19.0 Å². The summed E-state index contributed by atoms with van der Waals surface area (Å²) in [6.45, 7) is 0.167. The van der Waals surface area contributed by atoms with Gasteiger partial charge in [0.15, 0.2) is 5.69 Å². The average molecular weight is 432 g/mol. The Balaban J connectivity index is 1.69. The van der Waals surface area contributed by atoms with Crippen molar-refractivity contribution < 1.29 is 23.1 Å². The van der Waals surface area contributed by atoms with E-state index in [1.165, 1.54) is 20.3 Å². The zero-order valence-electron chi connectivity index (χ0n) is 16.8. The Morgan fingerprint density at radius 2 is 2.19 bits per heavy atom. The van der Waals surface area contributed by atoms with Crippen molar-refractivity contribution in [2.45, 2.75) is 31.5 Å². The van der Waals surface area contributed by atoms with Crippen LogP contribution in [0.4, 0.5) is 13.2 Å². The number of aliphatic hydroxyl groups is 1. The molecule has 2 aromatic heterocycles. The zero-order chi connectivity index (χ0) is 22.5. The number of fused-ring (bicyclic) bond motifs is 2. The molecule has 1 aromatic carbocycles. The first-order valence-electron chi connectivity index (χ1n) is 9.50. The molecule has 2 atom stereocenters. The van der Waals surface area contributed by atoms with Crippen LogP contribution in [0.5, 0.6) is 0 Å². The Morgan fingerprint density at radius 1 is 1.45 bits per heavy atom. The highest BCUT2D eigenvalue weighted by atomic mass is 19.3. The maximum absolute atomic E-state index is 13.3. The molecule has 11 heteroatoms. The molecular formula is C20H19F3N6O2. The quantitative estimate of drug-likeness (QED) is 0.682. The fourth-order valence-corrected chi connectivity index (χ4v) is 3.99.